The van der Waals surface area contributed by atoms with Crippen molar-refractivity contribution in [1.29, 1.82) is 0 Å². The van der Waals surface area contributed by atoms with E-state index in [0.717, 1.165) is 17.8 Å². The van der Waals surface area contributed by atoms with Crippen molar-refractivity contribution in [3.8, 4) is 0 Å². The Hall–Kier alpha value is -1.68. The van der Waals surface area contributed by atoms with Gasteiger partial charge in [0.15, 0.2) is 15.0 Å². The number of carbonyl (C=O) groups excluding carboxylic acids is 1. The monoisotopic (exact) mass is 411 g/mol. The van der Waals surface area contributed by atoms with Gasteiger partial charge in [-0.05, 0) is 39.7 Å². The van der Waals surface area contributed by atoms with Crippen LogP contribution in [0.3, 0.4) is 0 Å². The first-order valence-electron chi connectivity index (χ1n) is 9.05. The lowest BCUT2D eigenvalue weighted by molar-refractivity contribution is -0.132. The van der Waals surface area contributed by atoms with Crippen LogP contribution in [0.25, 0.3) is 5.78 Å². The van der Waals surface area contributed by atoms with Crippen molar-refractivity contribution in [1.82, 2.24) is 24.5 Å². The maximum atomic E-state index is 12.9. The third-order valence-electron chi connectivity index (χ3n) is 4.94. The molecule has 1 aliphatic rings. The highest BCUT2D eigenvalue weighted by Gasteiger charge is 2.36. The molecule has 0 aromatic carbocycles. The maximum Gasteiger partial charge on any atom is 0.256 e. The van der Waals surface area contributed by atoms with Crippen LogP contribution >= 0.6 is 11.8 Å². The summed E-state index contributed by atoms with van der Waals surface area (Å²) in [6, 6.07) is 1.70. The van der Waals surface area contributed by atoms with Gasteiger partial charge >= 0.3 is 0 Å². The lowest BCUT2D eigenvalue weighted by atomic mass is 10.1. The van der Waals surface area contributed by atoms with E-state index >= 15 is 0 Å². The number of hydrogen-bond donors (Lipinski definition) is 0. The Morgan fingerprint density at radius 2 is 2.15 bits per heavy atom. The Morgan fingerprint density at radius 3 is 2.78 bits per heavy atom. The molecule has 1 aliphatic heterocycles. The predicted molar refractivity (Wildman–Crippen MR) is 105 cm³/mol. The second-order valence-corrected chi connectivity index (χ2v) is 10.2. The van der Waals surface area contributed by atoms with Crippen molar-refractivity contribution in [3.63, 3.8) is 0 Å². The highest BCUT2D eigenvalue weighted by Crippen LogP contribution is 2.24. The van der Waals surface area contributed by atoms with E-state index in [4.69, 9.17) is 0 Å². The van der Waals surface area contributed by atoms with Gasteiger partial charge in [-0.3, -0.25) is 9.20 Å². The second kappa shape index (κ2) is 7.75. The van der Waals surface area contributed by atoms with Gasteiger partial charge in [0.05, 0.1) is 17.3 Å². The number of aromatic nitrogens is 4. The Balaban J connectivity index is 1.77. The van der Waals surface area contributed by atoms with Crippen LogP contribution in [0.1, 0.15) is 38.1 Å². The number of amides is 1. The molecule has 2 atom stereocenters. The largest absolute Gasteiger partial charge is 0.335 e. The summed E-state index contributed by atoms with van der Waals surface area (Å²) in [6.45, 7) is 7.82. The minimum absolute atomic E-state index is 0.00223. The minimum atomic E-state index is -3.05. The highest BCUT2D eigenvalue weighted by molar-refractivity contribution is 7.99. The van der Waals surface area contributed by atoms with Gasteiger partial charge in [-0.15, -0.1) is 10.2 Å². The fourth-order valence-electron chi connectivity index (χ4n) is 3.50. The van der Waals surface area contributed by atoms with E-state index in [1.54, 1.807) is 4.90 Å². The summed E-state index contributed by atoms with van der Waals surface area (Å²) in [5.41, 5.74) is 1.82. The van der Waals surface area contributed by atoms with Crippen molar-refractivity contribution in [2.45, 2.75) is 57.8 Å². The topological polar surface area (TPSA) is 97.5 Å². The first-order valence-corrected chi connectivity index (χ1v) is 11.9. The molecule has 1 fully saturated rings. The SMILES string of the molecule is CC[C@@H](C)N(C(=O)CSc1nnc2nc(C)cc(C)n12)[C@H]1CCS(=O)(=O)C1. The third-order valence-corrected chi connectivity index (χ3v) is 7.61. The van der Waals surface area contributed by atoms with Crippen molar-refractivity contribution in [3.05, 3.63) is 17.5 Å². The van der Waals surface area contributed by atoms with E-state index in [1.807, 2.05) is 38.2 Å². The molecule has 27 heavy (non-hydrogen) atoms. The van der Waals surface area contributed by atoms with Crippen LogP contribution in [0.15, 0.2) is 11.2 Å². The smallest absolute Gasteiger partial charge is 0.256 e. The molecule has 0 radical (unpaired) electrons. The summed E-state index contributed by atoms with van der Waals surface area (Å²) < 4.78 is 25.6. The van der Waals surface area contributed by atoms with Crippen molar-refractivity contribution >= 4 is 33.3 Å². The fraction of sp³-hybridized carbons (Fsp3) is 0.647. The van der Waals surface area contributed by atoms with Crippen molar-refractivity contribution < 1.29 is 13.2 Å². The summed E-state index contributed by atoms with van der Waals surface area (Å²) in [7, 11) is -3.05. The van der Waals surface area contributed by atoms with Crippen LogP contribution in [0, 0.1) is 13.8 Å². The first-order chi connectivity index (χ1) is 12.7. The molecule has 0 spiro atoms. The zero-order valence-corrected chi connectivity index (χ0v) is 17.7. The molecule has 0 N–H and O–H groups in total. The summed E-state index contributed by atoms with van der Waals surface area (Å²) in [4.78, 5) is 19.1. The Morgan fingerprint density at radius 1 is 1.41 bits per heavy atom. The number of carbonyl (C=O) groups is 1. The predicted octanol–water partition coefficient (Wildman–Crippen LogP) is 1.65. The van der Waals surface area contributed by atoms with E-state index in [-0.39, 0.29) is 35.2 Å². The van der Waals surface area contributed by atoms with Crippen molar-refractivity contribution in [2.24, 2.45) is 0 Å². The normalized spacial score (nSPS) is 20.1. The number of sulfone groups is 1. The van der Waals surface area contributed by atoms with Gasteiger partial charge in [0.1, 0.15) is 0 Å². The van der Waals surface area contributed by atoms with E-state index in [2.05, 4.69) is 15.2 Å². The van der Waals surface area contributed by atoms with Crippen LogP contribution in [-0.4, -0.2) is 68.1 Å². The number of fused-ring (bicyclic) bond motifs is 1. The fourth-order valence-corrected chi connectivity index (χ4v) is 6.06. The van der Waals surface area contributed by atoms with Gasteiger partial charge in [-0.1, -0.05) is 18.7 Å². The molecule has 10 heteroatoms. The van der Waals surface area contributed by atoms with E-state index < -0.39 is 9.84 Å². The highest BCUT2D eigenvalue weighted by atomic mass is 32.2. The van der Waals surface area contributed by atoms with Crippen LogP contribution < -0.4 is 0 Å². The molecule has 8 nitrogen and oxygen atoms in total. The van der Waals surface area contributed by atoms with E-state index in [9.17, 15) is 13.2 Å². The summed E-state index contributed by atoms with van der Waals surface area (Å²) in [5, 5.41) is 8.87. The Bertz CT molecular complexity index is 957. The van der Waals surface area contributed by atoms with Crippen molar-refractivity contribution in [2.75, 3.05) is 17.3 Å². The standard InChI is InChI=1S/C17H25N5O3S2/c1-5-12(3)21(14-6-7-27(24,25)10-14)15(23)9-26-17-20-19-16-18-11(2)8-13(4)22(16)17/h8,12,14H,5-7,9-10H2,1-4H3/t12-,14+/m1/s1. The number of nitrogens with zero attached hydrogens (tertiary/aromatic N) is 5. The lowest BCUT2D eigenvalue weighted by Gasteiger charge is -2.33. The molecule has 3 rings (SSSR count). The number of rotatable bonds is 6. The van der Waals surface area contributed by atoms with Crippen LogP contribution in [0.4, 0.5) is 0 Å². The number of aryl methyl sites for hydroxylation is 2. The van der Waals surface area contributed by atoms with Gasteiger partial charge < -0.3 is 4.90 Å². The quantitative estimate of drug-likeness (QED) is 0.667. The summed E-state index contributed by atoms with van der Waals surface area (Å²) >= 11 is 1.31. The van der Waals surface area contributed by atoms with Gasteiger partial charge in [-0.2, -0.15) is 0 Å². The van der Waals surface area contributed by atoms with Gasteiger partial charge in [0.2, 0.25) is 5.91 Å². The molecular formula is C17H25N5O3S2. The molecule has 2 aromatic rings. The van der Waals surface area contributed by atoms with Crippen LogP contribution in [-0.2, 0) is 14.6 Å². The Kier molecular flexibility index (Phi) is 5.76. The van der Waals surface area contributed by atoms with Gasteiger partial charge in [-0.25, -0.2) is 13.4 Å². The molecule has 0 aliphatic carbocycles. The summed E-state index contributed by atoms with van der Waals surface area (Å²) in [5.74, 6) is 0.859. The molecule has 148 valence electrons. The molecule has 1 amide bonds. The van der Waals surface area contributed by atoms with E-state index in [0.29, 0.717) is 17.4 Å². The van der Waals surface area contributed by atoms with Crippen LogP contribution in [0.2, 0.25) is 0 Å². The average Bonchev–Trinajstić information content (AvgIpc) is 3.16. The number of hydrogen-bond acceptors (Lipinski definition) is 7. The molecule has 2 aromatic heterocycles. The average molecular weight is 412 g/mol. The third kappa shape index (κ3) is 4.26. The number of thioether (sulfide) groups is 1. The van der Waals surface area contributed by atoms with E-state index in [1.165, 1.54) is 11.8 Å². The molecule has 3 heterocycles. The zero-order valence-electron chi connectivity index (χ0n) is 16.0. The lowest BCUT2D eigenvalue weighted by Crippen LogP contribution is -2.47. The zero-order chi connectivity index (χ0) is 19.8. The Labute approximate surface area is 163 Å². The molecule has 0 bridgehead atoms. The van der Waals surface area contributed by atoms with Gasteiger partial charge in [0.25, 0.3) is 5.78 Å². The summed E-state index contributed by atoms with van der Waals surface area (Å²) in [6.07, 6.45) is 1.29. The first kappa shape index (κ1) is 20.1. The maximum absolute atomic E-state index is 12.9. The molecule has 0 unspecified atom stereocenters. The molecule has 1 saturated heterocycles. The second-order valence-electron chi connectivity index (χ2n) is 7.06. The molecule has 0 saturated carbocycles. The van der Waals surface area contributed by atoms with Gasteiger partial charge in [0, 0.05) is 23.5 Å². The van der Waals surface area contributed by atoms with Crippen LogP contribution in [0.5, 0.6) is 0 Å². The molecular weight excluding hydrogens is 386 g/mol. The minimum Gasteiger partial charge on any atom is -0.335 e.